The molecule has 1 aliphatic heterocycles. The van der Waals surface area contributed by atoms with Crippen molar-refractivity contribution in [2.24, 2.45) is 0 Å². The van der Waals surface area contributed by atoms with Gasteiger partial charge in [-0.25, -0.2) is 13.7 Å². The van der Waals surface area contributed by atoms with Gasteiger partial charge >= 0.3 is 0 Å². The summed E-state index contributed by atoms with van der Waals surface area (Å²) in [5.74, 6) is -1.39. The van der Waals surface area contributed by atoms with Crippen molar-refractivity contribution in [1.82, 2.24) is 0 Å². The van der Waals surface area contributed by atoms with Gasteiger partial charge in [0.05, 0.1) is 5.70 Å². The average Bonchev–Trinajstić information content (AvgIpc) is 2.46. The van der Waals surface area contributed by atoms with Crippen LogP contribution >= 0.6 is 11.8 Å². The van der Waals surface area contributed by atoms with Gasteiger partial charge in [0.1, 0.15) is 11.5 Å². The summed E-state index contributed by atoms with van der Waals surface area (Å²) in [6.45, 7) is 0. The number of anilines is 1. The molecule has 0 aliphatic carbocycles. The zero-order valence-electron chi connectivity index (χ0n) is 10.2. The van der Waals surface area contributed by atoms with Crippen LogP contribution in [-0.2, 0) is 0 Å². The first-order valence-corrected chi connectivity index (χ1v) is 6.70. The van der Waals surface area contributed by atoms with Gasteiger partial charge in [-0.1, -0.05) is 42.1 Å². The Morgan fingerprint density at radius 1 is 1.10 bits per heavy atom. The fourth-order valence-corrected chi connectivity index (χ4v) is 3.01. The molecule has 0 bridgehead atoms. The molecule has 0 N–H and O–H groups in total. The van der Waals surface area contributed by atoms with Crippen LogP contribution in [0.4, 0.5) is 14.5 Å². The summed E-state index contributed by atoms with van der Waals surface area (Å²) in [6, 6.07) is 11.2. The van der Waals surface area contributed by atoms with Crippen molar-refractivity contribution in [2.75, 3.05) is 4.90 Å². The lowest BCUT2D eigenvalue weighted by molar-refractivity contribution is 0.578. The summed E-state index contributed by atoms with van der Waals surface area (Å²) >= 11 is 1.20. The molecule has 0 atom stereocenters. The Hall–Kier alpha value is -2.32. The molecule has 1 aliphatic rings. The van der Waals surface area contributed by atoms with E-state index in [0.29, 0.717) is 10.6 Å². The molecule has 0 radical (unpaired) electrons. The quantitative estimate of drug-likeness (QED) is 0.729. The van der Waals surface area contributed by atoms with Gasteiger partial charge in [0, 0.05) is 16.4 Å². The monoisotopic (exact) mass is 286 g/mol. The number of benzene rings is 2. The number of halogens is 2. The van der Waals surface area contributed by atoms with Crippen LogP contribution in [0.1, 0.15) is 5.56 Å². The normalized spacial score (nSPS) is 13.4. The second kappa shape index (κ2) is 4.99. The van der Waals surface area contributed by atoms with Crippen LogP contribution < -0.4 is 4.90 Å². The first-order chi connectivity index (χ1) is 9.70. The van der Waals surface area contributed by atoms with Gasteiger partial charge in [-0.3, -0.25) is 0 Å². The van der Waals surface area contributed by atoms with Gasteiger partial charge in [-0.05, 0) is 11.6 Å². The van der Waals surface area contributed by atoms with Crippen LogP contribution in [0.3, 0.4) is 0 Å². The van der Waals surface area contributed by atoms with E-state index in [4.69, 9.17) is 0 Å². The molecule has 0 fully saturated rings. The average molecular weight is 286 g/mol. The Labute approximate surface area is 118 Å². The largest absolute Gasteiger partial charge is 0.242 e. The maximum atomic E-state index is 14.0. The number of rotatable bonds is 1. The zero-order valence-corrected chi connectivity index (χ0v) is 11.0. The predicted molar refractivity (Wildman–Crippen MR) is 74.7 cm³/mol. The van der Waals surface area contributed by atoms with E-state index in [1.165, 1.54) is 22.7 Å². The van der Waals surface area contributed by atoms with Gasteiger partial charge in [0.25, 0.3) is 0 Å². The maximum Gasteiger partial charge on any atom is 0.189 e. The SMILES string of the molecule is N#CN1C(c2ccccc2)=CSc2cc(F)cc(F)c21. The fraction of sp³-hybridized carbons (Fsp3) is 0. The molecule has 2 nitrogen and oxygen atoms in total. The van der Waals surface area contributed by atoms with Crippen molar-refractivity contribution in [3.63, 3.8) is 0 Å². The number of thioether (sulfide) groups is 1. The van der Waals surface area contributed by atoms with Gasteiger partial charge in [-0.15, -0.1) is 0 Å². The Kier molecular flexibility index (Phi) is 3.17. The molecule has 5 heteroatoms. The van der Waals surface area contributed by atoms with E-state index in [9.17, 15) is 14.0 Å². The standard InChI is InChI=1S/C15H8F2N2S/c16-11-6-12(17)15-14(7-11)20-8-13(19(15)9-18)10-4-2-1-3-5-10/h1-8H. The van der Waals surface area contributed by atoms with Gasteiger partial charge in [0.2, 0.25) is 0 Å². The van der Waals surface area contributed by atoms with Crippen LogP contribution in [0, 0.1) is 23.1 Å². The first kappa shape index (κ1) is 12.7. The van der Waals surface area contributed by atoms with E-state index in [0.717, 1.165) is 11.6 Å². The lowest BCUT2D eigenvalue weighted by Crippen LogP contribution is -2.19. The molecular weight excluding hydrogens is 278 g/mol. The van der Waals surface area contributed by atoms with Crippen LogP contribution in [0.25, 0.3) is 5.70 Å². The van der Waals surface area contributed by atoms with Crippen LogP contribution in [0.2, 0.25) is 0 Å². The molecule has 98 valence electrons. The topological polar surface area (TPSA) is 27.0 Å². The van der Waals surface area contributed by atoms with Crippen molar-refractivity contribution >= 4 is 23.1 Å². The summed E-state index contributed by atoms with van der Waals surface area (Å²) in [7, 11) is 0. The van der Waals surface area contributed by atoms with Crippen molar-refractivity contribution in [2.45, 2.75) is 4.90 Å². The second-order valence-electron chi connectivity index (χ2n) is 4.16. The zero-order chi connectivity index (χ0) is 14.1. The van der Waals surface area contributed by atoms with E-state index >= 15 is 0 Å². The number of hydrogen-bond donors (Lipinski definition) is 0. The first-order valence-electron chi connectivity index (χ1n) is 5.82. The lowest BCUT2D eigenvalue weighted by Gasteiger charge is -2.26. The molecule has 2 aromatic carbocycles. The van der Waals surface area contributed by atoms with Crippen LogP contribution in [0.5, 0.6) is 0 Å². The summed E-state index contributed by atoms with van der Waals surface area (Å²) in [5, 5.41) is 11.1. The summed E-state index contributed by atoms with van der Waals surface area (Å²) in [5.41, 5.74) is 1.48. The highest BCUT2D eigenvalue weighted by Gasteiger charge is 2.25. The molecule has 0 unspecified atom stereocenters. The van der Waals surface area contributed by atoms with Crippen LogP contribution in [-0.4, -0.2) is 0 Å². The number of nitrogens with zero attached hydrogens (tertiary/aromatic N) is 2. The molecule has 0 spiro atoms. The van der Waals surface area contributed by atoms with Crippen molar-refractivity contribution in [1.29, 1.82) is 5.26 Å². The van der Waals surface area contributed by atoms with Crippen molar-refractivity contribution < 1.29 is 8.78 Å². The van der Waals surface area contributed by atoms with Crippen LogP contribution in [0.15, 0.2) is 52.8 Å². The summed E-state index contributed by atoms with van der Waals surface area (Å²) < 4.78 is 27.2. The maximum absolute atomic E-state index is 14.0. The minimum absolute atomic E-state index is 0.0975. The third kappa shape index (κ3) is 2.04. The molecule has 0 aromatic heterocycles. The number of fused-ring (bicyclic) bond motifs is 1. The number of nitriles is 1. The highest BCUT2D eigenvalue weighted by Crippen LogP contribution is 2.43. The lowest BCUT2D eigenvalue weighted by atomic mass is 10.1. The molecule has 1 heterocycles. The summed E-state index contributed by atoms with van der Waals surface area (Å²) in [6.07, 6.45) is 1.96. The highest BCUT2D eigenvalue weighted by atomic mass is 32.2. The van der Waals surface area contributed by atoms with E-state index in [1.54, 1.807) is 5.41 Å². The Bertz CT molecular complexity index is 736. The molecular formula is C15H8F2N2S. The Balaban J connectivity index is 2.15. The molecule has 3 rings (SSSR count). The summed E-state index contributed by atoms with van der Waals surface area (Å²) in [4.78, 5) is 1.58. The van der Waals surface area contributed by atoms with E-state index in [1.807, 2.05) is 36.5 Å². The number of hydrogen-bond acceptors (Lipinski definition) is 3. The van der Waals surface area contributed by atoms with Crippen molar-refractivity contribution in [3.8, 4) is 6.19 Å². The smallest absolute Gasteiger partial charge is 0.189 e. The van der Waals surface area contributed by atoms with Gasteiger partial charge in [0.15, 0.2) is 12.0 Å². The molecule has 0 saturated heterocycles. The third-order valence-electron chi connectivity index (χ3n) is 2.92. The predicted octanol–water partition coefficient (Wildman–Crippen LogP) is 4.36. The minimum atomic E-state index is -0.740. The highest BCUT2D eigenvalue weighted by molar-refractivity contribution is 8.02. The molecule has 0 saturated carbocycles. The fourth-order valence-electron chi connectivity index (χ4n) is 2.05. The van der Waals surface area contributed by atoms with E-state index < -0.39 is 11.6 Å². The van der Waals surface area contributed by atoms with Crippen molar-refractivity contribution in [3.05, 3.63) is 65.1 Å². The van der Waals surface area contributed by atoms with Gasteiger partial charge < -0.3 is 0 Å². The third-order valence-corrected chi connectivity index (χ3v) is 3.83. The molecule has 0 amide bonds. The van der Waals surface area contributed by atoms with E-state index in [-0.39, 0.29) is 5.69 Å². The Morgan fingerprint density at radius 3 is 2.55 bits per heavy atom. The molecule has 2 aromatic rings. The second-order valence-corrected chi connectivity index (χ2v) is 5.07. The van der Waals surface area contributed by atoms with Gasteiger partial charge in [-0.2, -0.15) is 5.26 Å². The Morgan fingerprint density at radius 2 is 1.85 bits per heavy atom. The van der Waals surface area contributed by atoms with E-state index in [2.05, 4.69) is 0 Å². The molecule has 20 heavy (non-hydrogen) atoms. The minimum Gasteiger partial charge on any atom is -0.242 e.